The minimum atomic E-state index is 0.559. The van der Waals surface area contributed by atoms with Crippen molar-refractivity contribution in [2.45, 2.75) is 18.9 Å². The number of nitrogens with zero attached hydrogens (tertiary/aromatic N) is 2. The van der Waals surface area contributed by atoms with Crippen LogP contribution < -0.4 is 0 Å². The summed E-state index contributed by atoms with van der Waals surface area (Å²) in [6.45, 7) is 0.910. The molecule has 0 saturated heterocycles. The van der Waals surface area contributed by atoms with Crippen LogP contribution in [0.15, 0.2) is 42.6 Å². The number of fused-ring (bicyclic) bond motifs is 2. The lowest BCUT2D eigenvalue weighted by molar-refractivity contribution is 0.511. The van der Waals surface area contributed by atoms with Crippen molar-refractivity contribution in [3.63, 3.8) is 0 Å². The highest BCUT2D eigenvalue weighted by atomic mass is 32.1. The van der Waals surface area contributed by atoms with E-state index in [1.807, 2.05) is 18.3 Å². The summed E-state index contributed by atoms with van der Waals surface area (Å²) in [5.74, 6) is 0.559. The molecule has 0 spiro atoms. The number of hydrogen-bond donors (Lipinski definition) is 1. The molecule has 1 aliphatic rings. The molecule has 19 heavy (non-hydrogen) atoms. The van der Waals surface area contributed by atoms with E-state index < -0.39 is 0 Å². The molecule has 0 amide bonds. The molecule has 1 aromatic carbocycles. The zero-order valence-corrected chi connectivity index (χ0v) is 11.2. The van der Waals surface area contributed by atoms with Gasteiger partial charge in [-0.05, 0) is 41.9 Å². The molecule has 0 radical (unpaired) electrons. The first-order valence-electron chi connectivity index (χ1n) is 6.44. The fourth-order valence-electron chi connectivity index (χ4n) is 2.90. The number of aromatic amines is 1. The SMILES string of the molecule is S=c1[nH]c2cccnc2n1CC1Cc2ccccc21. The fourth-order valence-corrected chi connectivity index (χ4v) is 3.17. The van der Waals surface area contributed by atoms with E-state index in [9.17, 15) is 0 Å². The van der Waals surface area contributed by atoms with Gasteiger partial charge in [0, 0.05) is 18.7 Å². The highest BCUT2D eigenvalue weighted by Crippen LogP contribution is 2.36. The summed E-state index contributed by atoms with van der Waals surface area (Å²) in [5, 5.41) is 0. The third-order valence-corrected chi connectivity index (χ3v) is 4.22. The van der Waals surface area contributed by atoms with Crippen molar-refractivity contribution in [1.29, 1.82) is 0 Å². The van der Waals surface area contributed by atoms with Gasteiger partial charge in [0.05, 0.1) is 5.52 Å². The van der Waals surface area contributed by atoms with Gasteiger partial charge in [-0.3, -0.25) is 0 Å². The Bertz CT molecular complexity index is 815. The van der Waals surface area contributed by atoms with E-state index in [2.05, 4.69) is 38.8 Å². The van der Waals surface area contributed by atoms with Crippen LogP contribution in [0.3, 0.4) is 0 Å². The van der Waals surface area contributed by atoms with Crippen molar-refractivity contribution < 1.29 is 0 Å². The van der Waals surface area contributed by atoms with Crippen molar-refractivity contribution in [3.8, 4) is 0 Å². The smallest absolute Gasteiger partial charge is 0.179 e. The summed E-state index contributed by atoms with van der Waals surface area (Å²) >= 11 is 5.41. The number of pyridine rings is 1. The van der Waals surface area contributed by atoms with Crippen LogP contribution in [0.25, 0.3) is 11.2 Å². The Kier molecular flexibility index (Phi) is 2.32. The molecule has 0 saturated carbocycles. The van der Waals surface area contributed by atoms with Crippen molar-refractivity contribution in [3.05, 3.63) is 58.5 Å². The van der Waals surface area contributed by atoms with Crippen molar-refractivity contribution in [2.75, 3.05) is 0 Å². The first-order valence-corrected chi connectivity index (χ1v) is 6.85. The molecule has 3 nitrogen and oxygen atoms in total. The van der Waals surface area contributed by atoms with Crippen molar-refractivity contribution >= 4 is 23.4 Å². The number of nitrogens with one attached hydrogen (secondary N) is 1. The van der Waals surface area contributed by atoms with Gasteiger partial charge in [-0.15, -0.1) is 0 Å². The Morgan fingerprint density at radius 2 is 2.16 bits per heavy atom. The molecule has 1 atom stereocenters. The number of rotatable bonds is 2. The molecule has 0 bridgehead atoms. The quantitative estimate of drug-likeness (QED) is 0.722. The van der Waals surface area contributed by atoms with Crippen LogP contribution in [0.4, 0.5) is 0 Å². The van der Waals surface area contributed by atoms with Crippen LogP contribution >= 0.6 is 12.2 Å². The number of hydrogen-bond acceptors (Lipinski definition) is 2. The third-order valence-electron chi connectivity index (χ3n) is 3.89. The van der Waals surface area contributed by atoms with Gasteiger partial charge in [0.2, 0.25) is 0 Å². The van der Waals surface area contributed by atoms with Gasteiger partial charge in [0.15, 0.2) is 10.4 Å². The summed E-state index contributed by atoms with van der Waals surface area (Å²) < 4.78 is 2.88. The predicted molar refractivity (Wildman–Crippen MR) is 77.8 cm³/mol. The maximum Gasteiger partial charge on any atom is 0.179 e. The molecule has 94 valence electrons. The van der Waals surface area contributed by atoms with Crippen LogP contribution in [0.5, 0.6) is 0 Å². The molecule has 0 aliphatic heterocycles. The van der Waals surface area contributed by atoms with Crippen LogP contribution in [0, 0.1) is 4.77 Å². The minimum Gasteiger partial charge on any atom is -0.329 e. The normalized spacial score (nSPS) is 17.2. The monoisotopic (exact) mass is 267 g/mol. The van der Waals surface area contributed by atoms with E-state index in [0.29, 0.717) is 5.92 Å². The third kappa shape index (κ3) is 1.64. The second-order valence-corrected chi connectivity index (χ2v) is 5.40. The van der Waals surface area contributed by atoms with E-state index in [1.54, 1.807) is 0 Å². The highest BCUT2D eigenvalue weighted by molar-refractivity contribution is 7.71. The molecule has 4 heteroatoms. The zero-order chi connectivity index (χ0) is 12.8. The van der Waals surface area contributed by atoms with Gasteiger partial charge in [0.1, 0.15) is 0 Å². The molecule has 1 unspecified atom stereocenters. The second-order valence-electron chi connectivity index (χ2n) is 5.02. The average molecular weight is 267 g/mol. The summed E-state index contributed by atoms with van der Waals surface area (Å²) in [5.41, 5.74) is 4.89. The molecule has 4 rings (SSSR count). The van der Waals surface area contributed by atoms with Crippen molar-refractivity contribution in [2.24, 2.45) is 0 Å². The molecule has 2 heterocycles. The Morgan fingerprint density at radius 1 is 1.26 bits per heavy atom. The molecule has 2 aromatic heterocycles. The Hall–Kier alpha value is -1.94. The summed E-state index contributed by atoms with van der Waals surface area (Å²) in [7, 11) is 0. The molecule has 0 fully saturated rings. The largest absolute Gasteiger partial charge is 0.329 e. The van der Waals surface area contributed by atoms with Gasteiger partial charge < -0.3 is 9.55 Å². The maximum absolute atomic E-state index is 5.41. The second kappa shape index (κ2) is 4.03. The average Bonchev–Trinajstić information content (AvgIpc) is 2.72. The molecule has 1 N–H and O–H groups in total. The summed E-state index contributed by atoms with van der Waals surface area (Å²) in [6, 6.07) is 12.6. The summed E-state index contributed by atoms with van der Waals surface area (Å²) in [6.07, 6.45) is 2.95. The lowest BCUT2D eigenvalue weighted by atomic mass is 9.77. The lowest BCUT2D eigenvalue weighted by Gasteiger charge is -2.30. The van der Waals surface area contributed by atoms with Gasteiger partial charge in [-0.25, -0.2) is 4.98 Å². The van der Waals surface area contributed by atoms with E-state index in [1.165, 1.54) is 11.1 Å². The topological polar surface area (TPSA) is 33.6 Å². The van der Waals surface area contributed by atoms with Crippen LogP contribution in [0.1, 0.15) is 17.0 Å². The molecular formula is C15H13N3S. The minimum absolute atomic E-state index is 0.559. The standard InChI is InChI=1S/C15H13N3S/c19-15-17-13-6-3-7-16-14(13)18(15)9-11-8-10-4-1-2-5-12(10)11/h1-7,11H,8-9H2,(H,17,19). The van der Waals surface area contributed by atoms with Gasteiger partial charge in [-0.2, -0.15) is 0 Å². The Labute approximate surface area is 115 Å². The van der Waals surface area contributed by atoms with Crippen molar-refractivity contribution in [1.82, 2.24) is 14.5 Å². The van der Waals surface area contributed by atoms with Crippen LogP contribution in [-0.4, -0.2) is 14.5 Å². The molecular weight excluding hydrogens is 254 g/mol. The fraction of sp³-hybridized carbons (Fsp3) is 0.200. The number of benzene rings is 1. The molecule has 1 aliphatic carbocycles. The highest BCUT2D eigenvalue weighted by Gasteiger charge is 2.26. The lowest BCUT2D eigenvalue weighted by Crippen LogP contribution is -2.22. The van der Waals surface area contributed by atoms with Crippen LogP contribution in [-0.2, 0) is 13.0 Å². The van der Waals surface area contributed by atoms with E-state index in [4.69, 9.17) is 12.2 Å². The summed E-state index contributed by atoms with van der Waals surface area (Å²) in [4.78, 5) is 7.65. The first kappa shape index (κ1) is 10.9. The number of imidazole rings is 1. The van der Waals surface area contributed by atoms with E-state index in [-0.39, 0.29) is 0 Å². The van der Waals surface area contributed by atoms with Gasteiger partial charge in [0.25, 0.3) is 0 Å². The van der Waals surface area contributed by atoms with Gasteiger partial charge in [-0.1, -0.05) is 24.3 Å². The Balaban J connectivity index is 1.74. The maximum atomic E-state index is 5.41. The number of aromatic nitrogens is 3. The van der Waals surface area contributed by atoms with Crippen LogP contribution in [0.2, 0.25) is 0 Å². The van der Waals surface area contributed by atoms with E-state index in [0.717, 1.165) is 28.9 Å². The Morgan fingerprint density at radius 3 is 3.05 bits per heavy atom. The molecule has 3 aromatic rings. The number of H-pyrrole nitrogens is 1. The first-order chi connectivity index (χ1) is 9.33. The zero-order valence-electron chi connectivity index (χ0n) is 10.3. The predicted octanol–water partition coefficient (Wildman–Crippen LogP) is 3.43. The van der Waals surface area contributed by atoms with E-state index >= 15 is 0 Å². The van der Waals surface area contributed by atoms with Gasteiger partial charge >= 0.3 is 0 Å².